The molecule has 0 radical (unpaired) electrons. The fourth-order valence-electron chi connectivity index (χ4n) is 3.39. The lowest BCUT2D eigenvalue weighted by molar-refractivity contribution is -0.119. The van der Waals surface area contributed by atoms with Gasteiger partial charge in [0.1, 0.15) is 0 Å². The Bertz CT molecular complexity index is 1320. The number of aromatic nitrogens is 3. The Morgan fingerprint density at radius 2 is 1.72 bits per heavy atom. The van der Waals surface area contributed by atoms with Gasteiger partial charge in [-0.25, -0.2) is 0 Å². The van der Waals surface area contributed by atoms with E-state index in [2.05, 4.69) is 27.6 Å². The summed E-state index contributed by atoms with van der Waals surface area (Å²) in [5.74, 6) is 1.94. The number of ether oxygens (including phenoxy) is 3. The minimum Gasteiger partial charge on any atom is -0.493 e. The van der Waals surface area contributed by atoms with E-state index >= 15 is 0 Å². The molecule has 0 saturated carbocycles. The largest absolute Gasteiger partial charge is 0.493 e. The van der Waals surface area contributed by atoms with Gasteiger partial charge in [-0.15, -0.1) is 21.5 Å². The molecule has 0 saturated heterocycles. The number of para-hydroxylation sites is 1. The minimum atomic E-state index is -0.227. The quantitative estimate of drug-likeness (QED) is 0.220. The Kier molecular flexibility index (Phi) is 8.13. The highest BCUT2D eigenvalue weighted by Crippen LogP contribution is 2.41. The highest BCUT2D eigenvalue weighted by molar-refractivity contribution is 7.99. The van der Waals surface area contributed by atoms with Gasteiger partial charge in [-0.1, -0.05) is 42.6 Å². The molecule has 0 aliphatic rings. The number of carbonyl (C=O) groups excluding carboxylic acids is 1. The Balaban J connectivity index is 1.60. The lowest BCUT2D eigenvalue weighted by Crippen LogP contribution is -2.36. The number of benzene rings is 2. The molecule has 4 rings (SSSR count). The molecule has 0 spiro atoms. The van der Waals surface area contributed by atoms with Gasteiger partial charge in [0, 0.05) is 11.3 Å². The number of hydrogen-bond donors (Lipinski definition) is 2. The van der Waals surface area contributed by atoms with Crippen molar-refractivity contribution in [2.75, 3.05) is 27.1 Å². The highest BCUT2D eigenvalue weighted by atomic mass is 32.2. The summed E-state index contributed by atoms with van der Waals surface area (Å²) >= 11 is 2.80. The molecule has 2 N–H and O–H groups in total. The average molecular weight is 524 g/mol. The van der Waals surface area contributed by atoms with Gasteiger partial charge in [-0.2, -0.15) is 0 Å². The first-order valence-electron chi connectivity index (χ1n) is 10.8. The number of nitrogens with zero attached hydrogens (tertiary/aromatic N) is 3. The van der Waals surface area contributed by atoms with Crippen molar-refractivity contribution < 1.29 is 19.0 Å². The van der Waals surface area contributed by atoms with Crippen LogP contribution in [0.4, 0.5) is 0 Å². The van der Waals surface area contributed by atoms with E-state index in [0.717, 1.165) is 10.6 Å². The topological polar surface area (TPSA) is 99.5 Å². The number of hydrazine groups is 1. The van der Waals surface area contributed by atoms with Gasteiger partial charge in [-0.3, -0.25) is 20.2 Å². The number of carbonyl (C=O) groups is 1. The zero-order chi connectivity index (χ0) is 25.5. The highest BCUT2D eigenvalue weighted by Gasteiger charge is 2.21. The molecule has 2 heterocycles. The maximum Gasteiger partial charge on any atom is 0.248 e. The second kappa shape index (κ2) is 11.6. The number of amides is 1. The number of thioether (sulfide) groups is 1. The Morgan fingerprint density at radius 1 is 1.00 bits per heavy atom. The van der Waals surface area contributed by atoms with Crippen molar-refractivity contribution in [3.05, 3.63) is 71.4 Å². The zero-order valence-electron chi connectivity index (χ0n) is 20.0. The second-order valence-corrected chi connectivity index (χ2v) is 9.20. The first kappa shape index (κ1) is 25.1. The smallest absolute Gasteiger partial charge is 0.248 e. The third-order valence-electron chi connectivity index (χ3n) is 5.07. The van der Waals surface area contributed by atoms with Gasteiger partial charge in [0.15, 0.2) is 22.5 Å². The van der Waals surface area contributed by atoms with Crippen LogP contribution in [-0.4, -0.2) is 47.8 Å². The van der Waals surface area contributed by atoms with Crippen molar-refractivity contribution in [3.8, 4) is 34.3 Å². The summed E-state index contributed by atoms with van der Waals surface area (Å²) in [5.41, 5.74) is 7.71. The number of hydrogen-bond acceptors (Lipinski definition) is 9. The van der Waals surface area contributed by atoms with Gasteiger partial charge in [-0.05, 0) is 35.7 Å². The van der Waals surface area contributed by atoms with E-state index in [9.17, 15) is 4.79 Å². The Morgan fingerprint density at radius 3 is 2.33 bits per heavy atom. The molecule has 0 atom stereocenters. The lowest BCUT2D eigenvalue weighted by Gasteiger charge is -2.15. The third kappa shape index (κ3) is 5.47. The number of thiophene rings is 1. The summed E-state index contributed by atoms with van der Waals surface area (Å²) in [5, 5.41) is 11.3. The van der Waals surface area contributed by atoms with E-state index in [1.807, 2.05) is 64.5 Å². The summed E-state index contributed by atoms with van der Waals surface area (Å²) in [6.07, 6.45) is 0. The molecule has 4 aromatic rings. The minimum absolute atomic E-state index is 0.116. The maximum atomic E-state index is 12.5. The predicted octanol–water partition coefficient (Wildman–Crippen LogP) is 4.41. The van der Waals surface area contributed by atoms with Gasteiger partial charge in [0.05, 0.1) is 37.7 Å². The first-order valence-corrected chi connectivity index (χ1v) is 12.6. The summed E-state index contributed by atoms with van der Waals surface area (Å²) in [6, 6.07) is 17.1. The zero-order valence-corrected chi connectivity index (χ0v) is 21.6. The van der Waals surface area contributed by atoms with E-state index < -0.39 is 0 Å². The van der Waals surface area contributed by atoms with Crippen LogP contribution in [0.2, 0.25) is 0 Å². The molecule has 186 valence electrons. The van der Waals surface area contributed by atoms with Crippen LogP contribution in [0.3, 0.4) is 0 Å². The van der Waals surface area contributed by atoms with Crippen LogP contribution < -0.4 is 25.1 Å². The molecule has 0 bridgehead atoms. The second-order valence-electron chi connectivity index (χ2n) is 7.31. The molecule has 0 unspecified atom stereocenters. The number of methoxy groups -OCH3 is 3. The van der Waals surface area contributed by atoms with Crippen LogP contribution in [0, 0.1) is 0 Å². The summed E-state index contributed by atoms with van der Waals surface area (Å²) in [4.78, 5) is 13.5. The van der Waals surface area contributed by atoms with Crippen molar-refractivity contribution >= 4 is 34.7 Å². The number of rotatable bonds is 11. The Hall–Kier alpha value is -3.96. The summed E-state index contributed by atoms with van der Waals surface area (Å²) in [7, 11) is 4.67. The van der Waals surface area contributed by atoms with E-state index in [0.29, 0.717) is 39.5 Å². The Labute approximate surface area is 217 Å². The average Bonchev–Trinajstić information content (AvgIpc) is 3.61. The van der Waals surface area contributed by atoms with E-state index in [4.69, 9.17) is 14.2 Å². The predicted molar refractivity (Wildman–Crippen MR) is 142 cm³/mol. The molecule has 2 aromatic heterocycles. The van der Waals surface area contributed by atoms with Crippen molar-refractivity contribution in [2.24, 2.45) is 0 Å². The van der Waals surface area contributed by atoms with E-state index in [-0.39, 0.29) is 11.7 Å². The maximum absolute atomic E-state index is 12.5. The van der Waals surface area contributed by atoms with Crippen LogP contribution >= 0.6 is 23.1 Å². The molecule has 0 fully saturated rings. The van der Waals surface area contributed by atoms with Crippen molar-refractivity contribution in [2.45, 2.75) is 5.16 Å². The van der Waals surface area contributed by atoms with Crippen molar-refractivity contribution in [1.29, 1.82) is 0 Å². The fraction of sp³-hybridized carbons (Fsp3) is 0.160. The standard InChI is InChI=1S/C25H25N5O4S2/c1-16(21-11-8-12-35-21)26-27-22(31)15-36-25-29-28-24(30(25)18-9-6-5-7-10-18)17-13-19(32-2)23(34-4)20(14-17)33-3/h5-14,26H,1,15H2,2-4H3,(H,27,31). The molecular formula is C25H25N5O4S2. The SMILES string of the molecule is C=C(NNC(=O)CSc1nnc(-c2cc(OC)c(OC)c(OC)c2)n1-c1ccccc1)c1cccs1. The van der Waals surface area contributed by atoms with Crippen LogP contribution in [0.1, 0.15) is 4.88 Å². The summed E-state index contributed by atoms with van der Waals surface area (Å²) in [6.45, 7) is 3.94. The van der Waals surface area contributed by atoms with Crippen molar-refractivity contribution in [3.63, 3.8) is 0 Å². The van der Waals surface area contributed by atoms with Gasteiger partial charge >= 0.3 is 0 Å². The normalized spacial score (nSPS) is 10.5. The van der Waals surface area contributed by atoms with Crippen molar-refractivity contribution in [1.82, 2.24) is 25.6 Å². The van der Waals surface area contributed by atoms with Crippen LogP contribution in [0.25, 0.3) is 22.8 Å². The molecule has 36 heavy (non-hydrogen) atoms. The van der Waals surface area contributed by atoms with Gasteiger partial charge in [0.25, 0.3) is 0 Å². The molecule has 11 heteroatoms. The molecule has 0 aliphatic carbocycles. The molecule has 1 amide bonds. The first-order chi connectivity index (χ1) is 17.5. The van der Waals surface area contributed by atoms with Gasteiger partial charge < -0.3 is 14.2 Å². The van der Waals surface area contributed by atoms with Crippen LogP contribution in [0.15, 0.2) is 71.7 Å². The molecule has 9 nitrogen and oxygen atoms in total. The van der Waals surface area contributed by atoms with Crippen LogP contribution in [-0.2, 0) is 4.79 Å². The number of nitrogens with one attached hydrogen (secondary N) is 2. The van der Waals surface area contributed by atoms with Crippen LogP contribution in [0.5, 0.6) is 17.2 Å². The summed E-state index contributed by atoms with van der Waals surface area (Å²) < 4.78 is 18.4. The van der Waals surface area contributed by atoms with E-state index in [1.165, 1.54) is 23.1 Å². The molecule has 2 aromatic carbocycles. The third-order valence-corrected chi connectivity index (χ3v) is 6.93. The lowest BCUT2D eigenvalue weighted by atomic mass is 10.1. The molecule has 0 aliphatic heterocycles. The van der Waals surface area contributed by atoms with E-state index in [1.54, 1.807) is 21.3 Å². The van der Waals surface area contributed by atoms with Gasteiger partial charge in [0.2, 0.25) is 11.7 Å². The molecular weight excluding hydrogens is 498 g/mol. The fourth-order valence-corrected chi connectivity index (χ4v) is 4.80. The monoisotopic (exact) mass is 523 g/mol.